The van der Waals surface area contributed by atoms with Crippen LogP contribution in [-0.4, -0.2) is 19.0 Å². The largest absolute Gasteiger partial charge is 0.372 e. The molecule has 0 aromatic heterocycles. The minimum Gasteiger partial charge on any atom is -0.372 e. The van der Waals surface area contributed by atoms with E-state index in [1.165, 1.54) is 0 Å². The van der Waals surface area contributed by atoms with Crippen LogP contribution in [0.15, 0.2) is 36.4 Å². The lowest BCUT2D eigenvalue weighted by atomic mass is 10.1. The van der Waals surface area contributed by atoms with Crippen LogP contribution in [0.3, 0.4) is 0 Å². The summed E-state index contributed by atoms with van der Waals surface area (Å²) in [5.74, 6) is 0. The van der Waals surface area contributed by atoms with Crippen molar-refractivity contribution in [2.75, 3.05) is 19.0 Å². The molecule has 2 aromatic rings. The van der Waals surface area contributed by atoms with Crippen LogP contribution in [0.4, 0.5) is 11.4 Å². The van der Waals surface area contributed by atoms with Crippen LogP contribution < -0.4 is 4.90 Å². The molecule has 0 amide bonds. The first kappa shape index (κ1) is 10.4. The van der Waals surface area contributed by atoms with Gasteiger partial charge in [0.15, 0.2) is 0 Å². The molecule has 0 aliphatic rings. The van der Waals surface area contributed by atoms with Crippen molar-refractivity contribution in [3.8, 4) is 0 Å². The van der Waals surface area contributed by atoms with Gasteiger partial charge in [0, 0.05) is 25.5 Å². The number of benzene rings is 2. The van der Waals surface area contributed by atoms with Crippen LogP contribution in [0.2, 0.25) is 0 Å². The van der Waals surface area contributed by atoms with Crippen LogP contribution in [0.25, 0.3) is 10.8 Å². The Morgan fingerprint density at radius 1 is 1.12 bits per heavy atom. The van der Waals surface area contributed by atoms with Gasteiger partial charge < -0.3 is 4.90 Å². The van der Waals surface area contributed by atoms with Crippen LogP contribution in [0, 0.1) is 10.1 Å². The number of fused-ring (bicyclic) bond motifs is 1. The molecule has 2 rings (SSSR count). The van der Waals surface area contributed by atoms with E-state index < -0.39 is 0 Å². The van der Waals surface area contributed by atoms with Crippen LogP contribution in [0.1, 0.15) is 0 Å². The van der Waals surface area contributed by atoms with E-state index in [1.807, 2.05) is 38.4 Å². The summed E-state index contributed by atoms with van der Waals surface area (Å²) in [6.45, 7) is 0. The van der Waals surface area contributed by atoms with Crippen molar-refractivity contribution in [1.82, 2.24) is 0 Å². The Morgan fingerprint density at radius 2 is 1.81 bits per heavy atom. The summed E-state index contributed by atoms with van der Waals surface area (Å²) in [6, 6.07) is 11.0. The van der Waals surface area contributed by atoms with E-state index in [9.17, 15) is 10.1 Å². The molecule has 0 spiro atoms. The van der Waals surface area contributed by atoms with Gasteiger partial charge in [-0.25, -0.2) is 0 Å². The molecule has 0 fully saturated rings. The Balaban J connectivity index is 2.84. The average molecular weight is 216 g/mol. The highest BCUT2D eigenvalue weighted by atomic mass is 16.6. The smallest absolute Gasteiger partial charge is 0.293 e. The van der Waals surface area contributed by atoms with E-state index in [1.54, 1.807) is 17.0 Å². The zero-order chi connectivity index (χ0) is 11.7. The van der Waals surface area contributed by atoms with Crippen molar-refractivity contribution >= 4 is 22.1 Å². The summed E-state index contributed by atoms with van der Waals surface area (Å²) >= 11 is 0. The number of nitro groups is 1. The first-order valence-electron chi connectivity index (χ1n) is 4.94. The van der Waals surface area contributed by atoms with E-state index in [0.717, 1.165) is 10.8 Å². The van der Waals surface area contributed by atoms with Gasteiger partial charge in [-0.05, 0) is 11.5 Å². The second kappa shape index (κ2) is 3.81. The van der Waals surface area contributed by atoms with Crippen LogP contribution in [0.5, 0.6) is 0 Å². The molecule has 4 heteroatoms. The predicted octanol–water partition coefficient (Wildman–Crippen LogP) is 2.81. The second-order valence-electron chi connectivity index (χ2n) is 3.81. The molecule has 0 aliphatic heterocycles. The zero-order valence-electron chi connectivity index (χ0n) is 9.18. The third kappa shape index (κ3) is 1.58. The first-order chi connectivity index (χ1) is 7.61. The van der Waals surface area contributed by atoms with E-state index in [4.69, 9.17) is 0 Å². The van der Waals surface area contributed by atoms with E-state index >= 15 is 0 Å². The predicted molar refractivity (Wildman–Crippen MR) is 64.9 cm³/mol. The summed E-state index contributed by atoms with van der Waals surface area (Å²) in [4.78, 5) is 12.4. The Morgan fingerprint density at radius 3 is 2.44 bits per heavy atom. The lowest BCUT2D eigenvalue weighted by molar-refractivity contribution is -0.384. The fraction of sp³-hybridized carbons (Fsp3) is 0.167. The van der Waals surface area contributed by atoms with Crippen molar-refractivity contribution < 1.29 is 4.92 Å². The van der Waals surface area contributed by atoms with Crippen LogP contribution >= 0.6 is 0 Å². The fourth-order valence-electron chi connectivity index (χ4n) is 1.86. The second-order valence-corrected chi connectivity index (χ2v) is 3.81. The normalized spacial score (nSPS) is 10.4. The molecule has 0 saturated carbocycles. The van der Waals surface area contributed by atoms with Crippen molar-refractivity contribution in [3.05, 3.63) is 46.5 Å². The van der Waals surface area contributed by atoms with Gasteiger partial charge in [0.2, 0.25) is 0 Å². The molecule has 0 bridgehead atoms. The number of nitrogens with zero attached hydrogens (tertiary/aromatic N) is 2. The maximum Gasteiger partial charge on any atom is 0.293 e. The molecule has 0 aliphatic carbocycles. The van der Waals surface area contributed by atoms with Gasteiger partial charge >= 0.3 is 0 Å². The third-order valence-electron chi connectivity index (χ3n) is 2.52. The fourth-order valence-corrected chi connectivity index (χ4v) is 1.86. The monoisotopic (exact) mass is 216 g/mol. The quantitative estimate of drug-likeness (QED) is 0.572. The summed E-state index contributed by atoms with van der Waals surface area (Å²) < 4.78 is 0. The zero-order valence-corrected chi connectivity index (χ0v) is 9.18. The molecular weight excluding hydrogens is 204 g/mol. The summed E-state index contributed by atoms with van der Waals surface area (Å²) in [5, 5.41) is 12.9. The van der Waals surface area contributed by atoms with Gasteiger partial charge in [-0.1, -0.05) is 24.3 Å². The Bertz CT molecular complexity index is 550. The summed E-state index contributed by atoms with van der Waals surface area (Å²) in [5.41, 5.74) is 0.798. The number of rotatable bonds is 2. The van der Waals surface area contributed by atoms with E-state index in [2.05, 4.69) is 0 Å². The molecule has 2 aromatic carbocycles. The maximum absolute atomic E-state index is 10.9. The van der Waals surface area contributed by atoms with E-state index in [-0.39, 0.29) is 10.6 Å². The van der Waals surface area contributed by atoms with Crippen molar-refractivity contribution in [2.45, 2.75) is 0 Å². The van der Waals surface area contributed by atoms with E-state index in [0.29, 0.717) is 5.69 Å². The molecule has 0 atom stereocenters. The molecular formula is C12H12N2O2. The minimum absolute atomic E-state index is 0.142. The minimum atomic E-state index is -0.345. The highest BCUT2D eigenvalue weighted by molar-refractivity contribution is 5.98. The Kier molecular flexibility index (Phi) is 2.48. The molecule has 4 nitrogen and oxygen atoms in total. The summed E-state index contributed by atoms with van der Waals surface area (Å²) in [7, 11) is 3.63. The number of anilines is 1. The van der Waals surface area contributed by atoms with Crippen molar-refractivity contribution in [3.63, 3.8) is 0 Å². The highest BCUT2D eigenvalue weighted by Crippen LogP contribution is 2.34. The lowest BCUT2D eigenvalue weighted by Gasteiger charge is -2.15. The molecule has 0 saturated heterocycles. The first-order valence-corrected chi connectivity index (χ1v) is 4.94. The van der Waals surface area contributed by atoms with Crippen LogP contribution in [-0.2, 0) is 0 Å². The molecule has 0 N–H and O–H groups in total. The van der Waals surface area contributed by atoms with Gasteiger partial charge in [-0.2, -0.15) is 0 Å². The molecule has 16 heavy (non-hydrogen) atoms. The number of hydrogen-bond acceptors (Lipinski definition) is 3. The van der Waals surface area contributed by atoms with Gasteiger partial charge in [-0.15, -0.1) is 0 Å². The number of hydrogen-bond donors (Lipinski definition) is 0. The maximum atomic E-state index is 10.9. The number of nitro benzene ring substituents is 1. The SMILES string of the molecule is CN(C)c1c([N+](=O)[O-])ccc2ccccc12. The average Bonchev–Trinajstić information content (AvgIpc) is 2.27. The Hall–Kier alpha value is -2.10. The van der Waals surface area contributed by atoms with Crippen molar-refractivity contribution in [1.29, 1.82) is 0 Å². The molecule has 82 valence electrons. The topological polar surface area (TPSA) is 46.4 Å². The summed E-state index contributed by atoms with van der Waals surface area (Å²) in [6.07, 6.45) is 0. The standard InChI is InChI=1S/C12H12N2O2/c1-13(2)12-10-6-4-3-5-9(10)7-8-11(12)14(15)16/h3-8H,1-2H3. The van der Waals surface area contributed by atoms with Crippen molar-refractivity contribution in [2.24, 2.45) is 0 Å². The molecule has 0 heterocycles. The molecule has 0 radical (unpaired) electrons. The molecule has 0 unspecified atom stereocenters. The van der Waals surface area contributed by atoms with Gasteiger partial charge in [0.1, 0.15) is 5.69 Å². The lowest BCUT2D eigenvalue weighted by Crippen LogP contribution is -2.11. The van der Waals surface area contributed by atoms with Gasteiger partial charge in [0.25, 0.3) is 5.69 Å². The van der Waals surface area contributed by atoms with Gasteiger partial charge in [-0.3, -0.25) is 10.1 Å². The third-order valence-corrected chi connectivity index (χ3v) is 2.52. The Labute approximate surface area is 93.3 Å². The highest BCUT2D eigenvalue weighted by Gasteiger charge is 2.17. The van der Waals surface area contributed by atoms with Gasteiger partial charge in [0.05, 0.1) is 4.92 Å².